The van der Waals surface area contributed by atoms with Gasteiger partial charge in [-0.15, -0.1) is 0 Å². The predicted octanol–water partition coefficient (Wildman–Crippen LogP) is 3.66. The highest BCUT2D eigenvalue weighted by Crippen LogP contribution is 2.25. The third-order valence-electron chi connectivity index (χ3n) is 3.80. The van der Waals surface area contributed by atoms with Crippen LogP contribution < -0.4 is 0 Å². The van der Waals surface area contributed by atoms with Crippen molar-refractivity contribution >= 4 is 17.0 Å². The molecule has 0 spiro atoms. The van der Waals surface area contributed by atoms with Crippen LogP contribution in [0.4, 0.5) is 4.39 Å². The summed E-state index contributed by atoms with van der Waals surface area (Å²) >= 11 is 0. The van der Waals surface area contributed by atoms with Gasteiger partial charge in [0.05, 0.1) is 30.1 Å². The highest BCUT2D eigenvalue weighted by Gasteiger charge is 2.19. The number of fused-ring (bicyclic) bond motifs is 1. The summed E-state index contributed by atoms with van der Waals surface area (Å²) in [5, 5.41) is 8.86. The van der Waals surface area contributed by atoms with E-state index < -0.39 is 5.97 Å². The summed E-state index contributed by atoms with van der Waals surface area (Å²) in [5.41, 5.74) is 2.84. The normalized spacial score (nSPS) is 10.7. The minimum Gasteiger partial charge on any atom is -0.461 e. The van der Waals surface area contributed by atoms with Crippen molar-refractivity contribution in [2.75, 3.05) is 6.61 Å². The average Bonchev–Trinajstić information content (AvgIpc) is 3.13. The van der Waals surface area contributed by atoms with Gasteiger partial charge >= 0.3 is 5.97 Å². The zero-order valence-corrected chi connectivity index (χ0v) is 13.2. The van der Waals surface area contributed by atoms with Crippen molar-refractivity contribution in [2.45, 2.75) is 19.9 Å². The van der Waals surface area contributed by atoms with E-state index in [2.05, 4.69) is 6.07 Å². The zero-order valence-electron chi connectivity index (χ0n) is 13.2. The molecule has 24 heavy (non-hydrogen) atoms. The Morgan fingerprint density at radius 2 is 2.00 bits per heavy atom. The van der Waals surface area contributed by atoms with Crippen molar-refractivity contribution < 1.29 is 13.9 Å². The molecule has 122 valence electrons. The lowest BCUT2D eigenvalue weighted by Crippen LogP contribution is -2.12. The second kappa shape index (κ2) is 6.59. The fourth-order valence-electron chi connectivity index (χ4n) is 2.75. The van der Waals surface area contributed by atoms with Gasteiger partial charge in [-0.05, 0) is 43.3 Å². The van der Waals surface area contributed by atoms with Gasteiger partial charge in [-0.25, -0.2) is 9.18 Å². The lowest BCUT2D eigenvalue weighted by molar-refractivity contribution is 0.0514. The first-order chi connectivity index (χ1) is 11.7. The van der Waals surface area contributed by atoms with Crippen LogP contribution in [0, 0.1) is 17.1 Å². The molecule has 0 aliphatic carbocycles. The molecule has 5 nitrogen and oxygen atoms in total. The largest absolute Gasteiger partial charge is 0.461 e. The SMILES string of the molecule is CCOC(=O)c1cc2c(ccn2-c2ccc(F)cc2)n1CCC#N. The molecule has 0 saturated carbocycles. The standard InChI is InChI=1S/C18H16FN3O2/c1-2-24-18(23)17-12-16-15(22(17)10-3-9-20)8-11-21(16)14-6-4-13(19)5-7-14/h4-8,11-12H,2-3,10H2,1H3. The van der Waals surface area contributed by atoms with Crippen molar-refractivity contribution in [2.24, 2.45) is 0 Å². The fourth-order valence-corrected chi connectivity index (χ4v) is 2.75. The summed E-state index contributed by atoms with van der Waals surface area (Å²) in [4.78, 5) is 12.2. The molecule has 0 atom stereocenters. The van der Waals surface area contributed by atoms with Crippen molar-refractivity contribution in [1.29, 1.82) is 5.26 Å². The predicted molar refractivity (Wildman–Crippen MR) is 87.4 cm³/mol. The Bertz CT molecular complexity index is 916. The van der Waals surface area contributed by atoms with Gasteiger partial charge in [0.15, 0.2) is 0 Å². The molecule has 6 heteroatoms. The van der Waals surface area contributed by atoms with Crippen molar-refractivity contribution in [3.8, 4) is 11.8 Å². The highest BCUT2D eigenvalue weighted by atomic mass is 19.1. The monoisotopic (exact) mass is 325 g/mol. The third kappa shape index (κ3) is 2.76. The van der Waals surface area contributed by atoms with Crippen LogP contribution in [0.1, 0.15) is 23.8 Å². The van der Waals surface area contributed by atoms with E-state index >= 15 is 0 Å². The number of nitrogens with zero attached hydrogens (tertiary/aromatic N) is 3. The Morgan fingerprint density at radius 3 is 2.67 bits per heavy atom. The minimum absolute atomic E-state index is 0.282. The van der Waals surface area contributed by atoms with Crippen LogP contribution in [-0.2, 0) is 11.3 Å². The number of esters is 1. The van der Waals surface area contributed by atoms with E-state index in [4.69, 9.17) is 10.00 Å². The summed E-state index contributed by atoms with van der Waals surface area (Å²) in [6.07, 6.45) is 2.15. The van der Waals surface area contributed by atoms with Gasteiger partial charge in [0, 0.05) is 18.4 Å². The van der Waals surface area contributed by atoms with Crippen molar-refractivity contribution in [1.82, 2.24) is 9.13 Å². The van der Waals surface area contributed by atoms with Crippen LogP contribution >= 0.6 is 0 Å². The van der Waals surface area contributed by atoms with E-state index in [0.717, 1.165) is 16.7 Å². The van der Waals surface area contributed by atoms with E-state index in [9.17, 15) is 9.18 Å². The lowest BCUT2D eigenvalue weighted by atomic mass is 10.3. The first-order valence-corrected chi connectivity index (χ1v) is 7.66. The minimum atomic E-state index is -0.419. The molecule has 1 aromatic carbocycles. The molecule has 0 aliphatic rings. The number of nitriles is 1. The molecule has 0 fully saturated rings. The van der Waals surface area contributed by atoms with Crippen LogP contribution in [0.15, 0.2) is 42.6 Å². The van der Waals surface area contributed by atoms with Gasteiger partial charge < -0.3 is 13.9 Å². The van der Waals surface area contributed by atoms with Crippen LogP contribution in [-0.4, -0.2) is 21.7 Å². The molecule has 0 N–H and O–H groups in total. The van der Waals surface area contributed by atoms with Crippen molar-refractivity contribution in [3.05, 3.63) is 54.1 Å². The van der Waals surface area contributed by atoms with Gasteiger partial charge in [0.2, 0.25) is 0 Å². The first-order valence-electron chi connectivity index (χ1n) is 7.66. The molecule has 0 amide bonds. The van der Waals surface area contributed by atoms with Crippen LogP contribution in [0.2, 0.25) is 0 Å². The molecule has 0 aliphatic heterocycles. The number of rotatable bonds is 5. The number of benzene rings is 1. The van der Waals surface area contributed by atoms with E-state index in [0.29, 0.717) is 12.2 Å². The fraction of sp³-hybridized carbons (Fsp3) is 0.222. The second-order valence-corrected chi connectivity index (χ2v) is 5.24. The Morgan fingerprint density at radius 1 is 1.25 bits per heavy atom. The van der Waals surface area contributed by atoms with Gasteiger partial charge in [-0.3, -0.25) is 0 Å². The van der Waals surface area contributed by atoms with Crippen molar-refractivity contribution in [3.63, 3.8) is 0 Å². The molecule has 3 aromatic rings. The molecule has 0 unspecified atom stereocenters. The number of aromatic nitrogens is 2. The Hall–Kier alpha value is -3.07. The van der Waals surface area contributed by atoms with E-state index in [-0.39, 0.29) is 18.8 Å². The number of hydrogen-bond donors (Lipinski definition) is 0. The van der Waals surface area contributed by atoms with Gasteiger partial charge in [0.25, 0.3) is 0 Å². The summed E-state index contributed by atoms with van der Waals surface area (Å²) in [6.45, 7) is 2.44. The van der Waals surface area contributed by atoms with E-state index in [1.165, 1.54) is 12.1 Å². The number of ether oxygens (including phenoxy) is 1. The number of hydrogen-bond acceptors (Lipinski definition) is 3. The molecule has 3 rings (SSSR count). The van der Waals surface area contributed by atoms with Crippen LogP contribution in [0.5, 0.6) is 0 Å². The molecule has 2 aromatic heterocycles. The molecule has 0 radical (unpaired) electrons. The lowest BCUT2D eigenvalue weighted by Gasteiger charge is -2.06. The van der Waals surface area contributed by atoms with E-state index in [1.807, 2.05) is 16.8 Å². The molecule has 0 bridgehead atoms. The summed E-state index contributed by atoms with van der Waals surface area (Å²) in [5.74, 6) is -0.724. The first kappa shape index (κ1) is 15.8. The molecule has 2 heterocycles. The summed E-state index contributed by atoms with van der Waals surface area (Å²) in [6, 6.07) is 11.8. The number of carbonyl (C=O) groups excluding carboxylic acids is 1. The average molecular weight is 325 g/mol. The Balaban J connectivity index is 2.13. The van der Waals surface area contributed by atoms with Crippen LogP contribution in [0.25, 0.3) is 16.7 Å². The van der Waals surface area contributed by atoms with E-state index in [1.54, 1.807) is 29.7 Å². The summed E-state index contributed by atoms with van der Waals surface area (Å²) < 4.78 is 21.9. The maximum absolute atomic E-state index is 13.1. The zero-order chi connectivity index (χ0) is 17.1. The molecular formula is C18H16FN3O2. The quantitative estimate of drug-likeness (QED) is 0.673. The number of carbonyl (C=O) groups is 1. The smallest absolute Gasteiger partial charge is 0.355 e. The van der Waals surface area contributed by atoms with Crippen LogP contribution in [0.3, 0.4) is 0 Å². The summed E-state index contributed by atoms with van der Waals surface area (Å²) in [7, 11) is 0. The maximum atomic E-state index is 13.1. The third-order valence-corrected chi connectivity index (χ3v) is 3.80. The molecule has 0 saturated heterocycles. The Kier molecular flexibility index (Phi) is 4.34. The van der Waals surface area contributed by atoms with Gasteiger partial charge in [-0.1, -0.05) is 0 Å². The van der Waals surface area contributed by atoms with Gasteiger partial charge in [-0.2, -0.15) is 5.26 Å². The van der Waals surface area contributed by atoms with Gasteiger partial charge in [0.1, 0.15) is 11.5 Å². The number of aryl methyl sites for hydroxylation is 1. The topological polar surface area (TPSA) is 59.9 Å². The molecular weight excluding hydrogens is 309 g/mol. The maximum Gasteiger partial charge on any atom is 0.355 e. The second-order valence-electron chi connectivity index (χ2n) is 5.24. The highest BCUT2D eigenvalue weighted by molar-refractivity contribution is 5.95. The Labute approximate surface area is 138 Å². The number of halogens is 1.